The summed E-state index contributed by atoms with van der Waals surface area (Å²) in [5.74, 6) is -1.83. The Kier molecular flexibility index (Phi) is 3.42. The maximum Gasteiger partial charge on any atom is 0.272 e. The number of carbonyl (C=O) groups is 1. The molecule has 2 heterocycles. The molecule has 0 radical (unpaired) electrons. The van der Waals surface area contributed by atoms with Crippen LogP contribution in [0.25, 0.3) is 0 Å². The van der Waals surface area contributed by atoms with Crippen LogP contribution < -0.4 is 15.4 Å². The molecule has 2 N–H and O–H groups in total. The number of hydrogen-bond acceptors (Lipinski definition) is 6. The van der Waals surface area contributed by atoms with E-state index >= 15 is 0 Å². The van der Waals surface area contributed by atoms with Gasteiger partial charge in [-0.1, -0.05) is 0 Å². The molecule has 1 amide bonds. The van der Waals surface area contributed by atoms with E-state index < -0.39 is 17.5 Å². The first-order valence-corrected chi connectivity index (χ1v) is 6.76. The van der Waals surface area contributed by atoms with E-state index in [4.69, 9.17) is 10.5 Å². The molecule has 6 nitrogen and oxygen atoms in total. The number of anilines is 1. The molecule has 9 heteroatoms. The van der Waals surface area contributed by atoms with Gasteiger partial charge in [0.2, 0.25) is 0 Å². The fourth-order valence-electron chi connectivity index (χ4n) is 1.97. The van der Waals surface area contributed by atoms with Crippen molar-refractivity contribution in [3.05, 3.63) is 35.5 Å². The second-order valence-corrected chi connectivity index (χ2v) is 5.05. The summed E-state index contributed by atoms with van der Waals surface area (Å²) in [7, 11) is 0. The fourth-order valence-corrected chi connectivity index (χ4v) is 2.55. The smallest absolute Gasteiger partial charge is 0.272 e. The highest BCUT2D eigenvalue weighted by molar-refractivity contribution is 6.99. The minimum atomic E-state index is -0.955. The van der Waals surface area contributed by atoms with Crippen molar-refractivity contribution in [2.24, 2.45) is 5.73 Å². The van der Waals surface area contributed by atoms with E-state index in [1.807, 2.05) is 0 Å². The molecule has 0 aliphatic carbocycles. The summed E-state index contributed by atoms with van der Waals surface area (Å²) in [6.07, 6.45) is -0.197. The zero-order valence-electron chi connectivity index (χ0n) is 10.6. The molecule has 21 heavy (non-hydrogen) atoms. The Bertz CT molecular complexity index is 688. The Morgan fingerprint density at radius 2 is 2.10 bits per heavy atom. The molecule has 1 aliphatic rings. The van der Waals surface area contributed by atoms with Crippen LogP contribution in [-0.4, -0.2) is 33.8 Å². The summed E-state index contributed by atoms with van der Waals surface area (Å²) in [6, 6.07) is 3.37. The van der Waals surface area contributed by atoms with Crippen LogP contribution in [0.5, 0.6) is 5.75 Å². The maximum absolute atomic E-state index is 13.1. The van der Waals surface area contributed by atoms with Crippen molar-refractivity contribution in [2.75, 3.05) is 18.0 Å². The third-order valence-electron chi connectivity index (χ3n) is 3.05. The van der Waals surface area contributed by atoms with Gasteiger partial charge >= 0.3 is 0 Å². The van der Waals surface area contributed by atoms with E-state index in [1.54, 1.807) is 4.90 Å². The van der Waals surface area contributed by atoms with Crippen molar-refractivity contribution in [3.63, 3.8) is 0 Å². The Labute approximate surface area is 122 Å². The zero-order chi connectivity index (χ0) is 15.0. The van der Waals surface area contributed by atoms with Crippen molar-refractivity contribution in [1.82, 2.24) is 8.75 Å². The lowest BCUT2D eigenvalue weighted by molar-refractivity contribution is 0.0995. The molecule has 0 bridgehead atoms. The van der Waals surface area contributed by atoms with Gasteiger partial charge in [-0.2, -0.15) is 8.75 Å². The predicted molar refractivity (Wildman–Crippen MR) is 71.4 cm³/mol. The average Bonchev–Trinajstić information content (AvgIpc) is 2.86. The predicted octanol–water partition coefficient (Wildman–Crippen LogP) is 1.18. The lowest BCUT2D eigenvalue weighted by atomic mass is 10.1. The first-order valence-electron chi connectivity index (χ1n) is 6.03. The molecular formula is C12H10F2N4O2S. The highest BCUT2D eigenvalue weighted by Crippen LogP contribution is 2.26. The Morgan fingerprint density at radius 1 is 1.33 bits per heavy atom. The second kappa shape index (κ2) is 5.24. The molecule has 1 aromatic carbocycles. The summed E-state index contributed by atoms with van der Waals surface area (Å²) < 4.78 is 39.2. The molecule has 110 valence electrons. The molecule has 1 fully saturated rings. The van der Waals surface area contributed by atoms with Gasteiger partial charge in [-0.05, 0) is 12.1 Å². The minimum absolute atomic E-state index is 0.131. The van der Waals surface area contributed by atoms with Crippen LogP contribution in [0.1, 0.15) is 10.5 Å². The largest absolute Gasteiger partial charge is 0.487 e. The molecule has 1 aromatic heterocycles. The number of aromatic nitrogens is 2. The highest BCUT2D eigenvalue weighted by atomic mass is 32.1. The quantitative estimate of drug-likeness (QED) is 0.917. The number of amides is 1. The fraction of sp³-hybridized carbons (Fsp3) is 0.250. The Balaban J connectivity index is 1.62. The van der Waals surface area contributed by atoms with Gasteiger partial charge in [-0.3, -0.25) is 4.79 Å². The van der Waals surface area contributed by atoms with E-state index in [0.29, 0.717) is 18.9 Å². The summed E-state index contributed by atoms with van der Waals surface area (Å²) in [4.78, 5) is 12.9. The molecule has 2 aromatic rings. The average molecular weight is 312 g/mol. The van der Waals surface area contributed by atoms with Crippen LogP contribution >= 0.6 is 11.7 Å². The number of halogens is 2. The number of primary amides is 1. The van der Waals surface area contributed by atoms with Crippen molar-refractivity contribution in [3.8, 4) is 5.75 Å². The van der Waals surface area contributed by atoms with Gasteiger partial charge in [-0.25, -0.2) is 8.78 Å². The topological polar surface area (TPSA) is 81.3 Å². The van der Waals surface area contributed by atoms with Gasteiger partial charge in [-0.15, -0.1) is 0 Å². The first kappa shape index (κ1) is 13.7. The van der Waals surface area contributed by atoms with Crippen LogP contribution in [0, 0.1) is 11.6 Å². The van der Waals surface area contributed by atoms with Crippen LogP contribution in [-0.2, 0) is 0 Å². The van der Waals surface area contributed by atoms with Crippen LogP contribution in [0.15, 0.2) is 18.2 Å². The lowest BCUT2D eigenvalue weighted by Crippen LogP contribution is -2.54. The maximum atomic E-state index is 13.1. The molecule has 0 saturated carbocycles. The molecule has 3 rings (SSSR count). The van der Waals surface area contributed by atoms with Gasteiger partial charge in [0, 0.05) is 6.07 Å². The normalized spacial score (nSPS) is 14.9. The van der Waals surface area contributed by atoms with Gasteiger partial charge in [0.05, 0.1) is 24.8 Å². The Morgan fingerprint density at radius 3 is 2.76 bits per heavy atom. The third-order valence-corrected chi connectivity index (χ3v) is 3.56. The van der Waals surface area contributed by atoms with Gasteiger partial charge < -0.3 is 15.4 Å². The number of hydrogen-bond donors (Lipinski definition) is 1. The van der Waals surface area contributed by atoms with Crippen LogP contribution in [0.3, 0.4) is 0 Å². The summed E-state index contributed by atoms with van der Waals surface area (Å²) in [5.41, 5.74) is 5.33. The lowest BCUT2D eigenvalue weighted by Gasteiger charge is -2.39. The van der Waals surface area contributed by atoms with Gasteiger partial charge in [0.1, 0.15) is 11.9 Å². The number of ether oxygens (including phenoxy) is 1. The molecular weight excluding hydrogens is 302 g/mol. The molecule has 1 saturated heterocycles. The molecule has 0 unspecified atom stereocenters. The van der Waals surface area contributed by atoms with Crippen molar-refractivity contribution < 1.29 is 18.3 Å². The van der Waals surface area contributed by atoms with Crippen LogP contribution in [0.4, 0.5) is 14.6 Å². The highest BCUT2D eigenvalue weighted by Gasteiger charge is 2.33. The van der Waals surface area contributed by atoms with Crippen LogP contribution in [0.2, 0.25) is 0 Å². The molecule has 0 atom stereocenters. The summed E-state index contributed by atoms with van der Waals surface area (Å²) >= 11 is 0.906. The van der Waals surface area contributed by atoms with Crippen molar-refractivity contribution >= 4 is 23.5 Å². The van der Waals surface area contributed by atoms with E-state index in [0.717, 1.165) is 23.9 Å². The van der Waals surface area contributed by atoms with Crippen molar-refractivity contribution in [1.29, 1.82) is 0 Å². The number of carbonyl (C=O) groups excluding carboxylic acids is 1. The first-order chi connectivity index (χ1) is 10.0. The Hall–Kier alpha value is -2.29. The monoisotopic (exact) mass is 312 g/mol. The zero-order valence-corrected chi connectivity index (χ0v) is 11.4. The van der Waals surface area contributed by atoms with E-state index in [9.17, 15) is 13.6 Å². The molecule has 0 spiro atoms. The standard InChI is InChI=1S/C12H10F2N4O2S/c13-8-2-1-6(3-9(8)14)20-7-4-18(5-7)12-10(11(15)19)16-21-17-12/h1-3,7H,4-5H2,(H2,15,19). The van der Waals surface area contributed by atoms with E-state index in [-0.39, 0.29) is 17.5 Å². The number of nitrogens with zero attached hydrogens (tertiary/aromatic N) is 3. The van der Waals surface area contributed by atoms with E-state index in [1.165, 1.54) is 6.07 Å². The molecule has 1 aliphatic heterocycles. The summed E-state index contributed by atoms with van der Waals surface area (Å²) in [6.45, 7) is 0.926. The summed E-state index contributed by atoms with van der Waals surface area (Å²) in [5, 5.41) is 0. The number of benzene rings is 1. The second-order valence-electron chi connectivity index (χ2n) is 4.52. The SMILES string of the molecule is NC(=O)c1nsnc1N1CC(Oc2ccc(F)c(F)c2)C1. The van der Waals surface area contributed by atoms with Gasteiger partial charge in [0.15, 0.2) is 23.1 Å². The van der Waals surface area contributed by atoms with Crippen molar-refractivity contribution in [2.45, 2.75) is 6.10 Å². The third kappa shape index (κ3) is 2.64. The van der Waals surface area contributed by atoms with E-state index in [2.05, 4.69) is 8.75 Å². The minimum Gasteiger partial charge on any atom is -0.487 e. The number of nitrogens with two attached hydrogens (primary N) is 1. The number of rotatable bonds is 4. The van der Waals surface area contributed by atoms with Gasteiger partial charge in [0.25, 0.3) is 5.91 Å².